The van der Waals surface area contributed by atoms with Crippen LogP contribution in [0.1, 0.15) is 28.2 Å². The number of halogens is 3. The number of aromatic nitrogens is 2. The molecule has 0 aliphatic rings. The zero-order valence-electron chi connectivity index (χ0n) is 16.6. The van der Waals surface area contributed by atoms with Crippen LogP contribution in [0.3, 0.4) is 0 Å². The molecule has 0 radical (unpaired) electrons. The highest BCUT2D eigenvalue weighted by atomic mass is 35.5. The Labute approximate surface area is 195 Å². The molecule has 158 valence electrons. The number of hydrogen-bond acceptors (Lipinski definition) is 2. The van der Waals surface area contributed by atoms with E-state index in [4.69, 9.17) is 39.8 Å². The van der Waals surface area contributed by atoms with Crippen LogP contribution < -0.4 is 5.32 Å². The molecular weight excluding hydrogens is 453 g/mol. The van der Waals surface area contributed by atoms with Gasteiger partial charge in [0.25, 0.3) is 5.91 Å². The Morgan fingerprint density at radius 1 is 0.935 bits per heavy atom. The molecule has 7 heteroatoms. The second-order valence-electron chi connectivity index (χ2n) is 7.17. The second kappa shape index (κ2) is 9.73. The molecule has 1 amide bonds. The van der Waals surface area contributed by atoms with Gasteiger partial charge in [0.05, 0.1) is 17.6 Å². The molecule has 0 saturated heterocycles. The van der Waals surface area contributed by atoms with Crippen LogP contribution in [0.4, 0.5) is 0 Å². The SMILES string of the molecule is O=C(NCCCc1nc2ccccc2n1Cc1c(Cl)cccc1Cl)c1cccc(Cl)c1. The summed E-state index contributed by atoms with van der Waals surface area (Å²) >= 11 is 18.8. The van der Waals surface area contributed by atoms with E-state index < -0.39 is 0 Å². The fraction of sp³-hybridized carbons (Fsp3) is 0.167. The summed E-state index contributed by atoms with van der Waals surface area (Å²) in [5.41, 5.74) is 3.36. The van der Waals surface area contributed by atoms with Gasteiger partial charge in [0.2, 0.25) is 0 Å². The molecule has 1 heterocycles. The highest BCUT2D eigenvalue weighted by molar-refractivity contribution is 6.36. The van der Waals surface area contributed by atoms with Crippen molar-refractivity contribution in [3.63, 3.8) is 0 Å². The molecule has 0 fully saturated rings. The number of benzene rings is 3. The molecular formula is C24H20Cl3N3O. The number of rotatable bonds is 7. The van der Waals surface area contributed by atoms with Crippen LogP contribution in [-0.4, -0.2) is 22.0 Å². The van der Waals surface area contributed by atoms with E-state index in [9.17, 15) is 4.79 Å². The van der Waals surface area contributed by atoms with Gasteiger partial charge in [0.1, 0.15) is 5.82 Å². The maximum atomic E-state index is 12.3. The zero-order chi connectivity index (χ0) is 21.8. The first kappa shape index (κ1) is 21.7. The number of hydrogen-bond donors (Lipinski definition) is 1. The molecule has 0 unspecified atom stereocenters. The number of imidazole rings is 1. The van der Waals surface area contributed by atoms with Gasteiger partial charge in [-0.1, -0.05) is 59.1 Å². The van der Waals surface area contributed by atoms with E-state index in [0.29, 0.717) is 40.1 Å². The van der Waals surface area contributed by atoms with E-state index in [0.717, 1.165) is 28.8 Å². The summed E-state index contributed by atoms with van der Waals surface area (Å²) in [6.45, 7) is 1.06. The van der Waals surface area contributed by atoms with E-state index in [1.807, 2.05) is 42.5 Å². The minimum atomic E-state index is -0.140. The number of amides is 1. The lowest BCUT2D eigenvalue weighted by molar-refractivity contribution is 0.0953. The maximum absolute atomic E-state index is 12.3. The molecule has 0 aliphatic carbocycles. The van der Waals surface area contributed by atoms with Crippen LogP contribution in [0.5, 0.6) is 0 Å². The fourth-order valence-corrected chi connectivity index (χ4v) is 4.22. The Balaban J connectivity index is 1.49. The van der Waals surface area contributed by atoms with Gasteiger partial charge < -0.3 is 9.88 Å². The van der Waals surface area contributed by atoms with Crippen molar-refractivity contribution in [3.8, 4) is 0 Å². The zero-order valence-corrected chi connectivity index (χ0v) is 18.9. The topological polar surface area (TPSA) is 46.9 Å². The number of fused-ring (bicyclic) bond motifs is 1. The van der Waals surface area contributed by atoms with Crippen molar-refractivity contribution in [2.45, 2.75) is 19.4 Å². The maximum Gasteiger partial charge on any atom is 0.251 e. The largest absolute Gasteiger partial charge is 0.352 e. The standard InChI is InChI=1S/C24H20Cl3N3O/c25-17-7-3-6-16(14-17)24(31)28-13-5-12-23-29-21-10-1-2-11-22(21)30(23)15-18-19(26)8-4-9-20(18)27/h1-4,6-11,14H,5,12-13,15H2,(H,28,31). The molecule has 0 atom stereocenters. The summed E-state index contributed by atoms with van der Waals surface area (Å²) in [4.78, 5) is 17.1. The summed E-state index contributed by atoms with van der Waals surface area (Å²) in [7, 11) is 0. The Morgan fingerprint density at radius 3 is 2.45 bits per heavy atom. The van der Waals surface area contributed by atoms with Crippen LogP contribution in [0.2, 0.25) is 15.1 Å². The summed E-state index contributed by atoms with van der Waals surface area (Å²) in [6, 6.07) is 20.4. The van der Waals surface area contributed by atoms with Crippen molar-refractivity contribution in [3.05, 3.63) is 98.7 Å². The van der Waals surface area contributed by atoms with Crippen LogP contribution in [0.25, 0.3) is 11.0 Å². The van der Waals surface area contributed by atoms with Crippen molar-refractivity contribution in [2.24, 2.45) is 0 Å². The number of nitrogens with zero attached hydrogens (tertiary/aromatic N) is 2. The van der Waals surface area contributed by atoms with E-state index in [1.165, 1.54) is 0 Å². The lowest BCUT2D eigenvalue weighted by atomic mass is 10.2. The van der Waals surface area contributed by atoms with Crippen LogP contribution >= 0.6 is 34.8 Å². The van der Waals surface area contributed by atoms with E-state index >= 15 is 0 Å². The fourth-order valence-electron chi connectivity index (χ4n) is 3.51. The molecule has 31 heavy (non-hydrogen) atoms. The van der Waals surface area contributed by atoms with Gasteiger partial charge in [-0.15, -0.1) is 0 Å². The summed E-state index contributed by atoms with van der Waals surface area (Å²) in [5.74, 6) is 0.785. The van der Waals surface area contributed by atoms with Gasteiger partial charge in [-0.2, -0.15) is 0 Å². The van der Waals surface area contributed by atoms with Crippen molar-refractivity contribution < 1.29 is 4.79 Å². The Hall–Kier alpha value is -2.53. The monoisotopic (exact) mass is 471 g/mol. The minimum absolute atomic E-state index is 0.140. The molecule has 3 aromatic carbocycles. The summed E-state index contributed by atoms with van der Waals surface area (Å²) in [5, 5.41) is 4.74. The van der Waals surface area contributed by atoms with Crippen molar-refractivity contribution in [1.29, 1.82) is 0 Å². The normalized spacial score (nSPS) is 11.1. The lowest BCUT2D eigenvalue weighted by Crippen LogP contribution is -2.25. The van der Waals surface area contributed by atoms with Gasteiger partial charge in [-0.3, -0.25) is 4.79 Å². The molecule has 1 N–H and O–H groups in total. The number of carbonyl (C=O) groups is 1. The first-order chi connectivity index (χ1) is 15.0. The average molecular weight is 473 g/mol. The Bertz CT molecular complexity index is 1220. The van der Waals surface area contributed by atoms with Gasteiger partial charge in [0, 0.05) is 39.2 Å². The van der Waals surface area contributed by atoms with E-state index in [2.05, 4.69) is 9.88 Å². The molecule has 1 aromatic heterocycles. The predicted molar refractivity (Wildman–Crippen MR) is 127 cm³/mol. The summed E-state index contributed by atoms with van der Waals surface area (Å²) in [6.07, 6.45) is 1.44. The van der Waals surface area contributed by atoms with E-state index in [-0.39, 0.29) is 5.91 Å². The molecule has 0 spiro atoms. The first-order valence-corrected chi connectivity index (χ1v) is 11.1. The predicted octanol–water partition coefficient (Wildman–Crippen LogP) is 6.41. The van der Waals surface area contributed by atoms with Crippen LogP contribution in [0.15, 0.2) is 66.7 Å². The Kier molecular flexibility index (Phi) is 6.81. The third kappa shape index (κ3) is 5.04. The van der Waals surface area contributed by atoms with Crippen molar-refractivity contribution >= 4 is 51.7 Å². The van der Waals surface area contributed by atoms with Crippen LogP contribution in [0, 0.1) is 0 Å². The third-order valence-electron chi connectivity index (χ3n) is 5.06. The molecule has 4 aromatic rings. The number of aryl methyl sites for hydroxylation is 1. The molecule has 4 rings (SSSR count). The number of carbonyl (C=O) groups excluding carboxylic acids is 1. The molecule has 0 aliphatic heterocycles. The quantitative estimate of drug-likeness (QED) is 0.316. The van der Waals surface area contributed by atoms with Gasteiger partial charge >= 0.3 is 0 Å². The molecule has 4 nitrogen and oxygen atoms in total. The van der Waals surface area contributed by atoms with Crippen LogP contribution in [-0.2, 0) is 13.0 Å². The Morgan fingerprint density at radius 2 is 1.68 bits per heavy atom. The molecule has 0 bridgehead atoms. The first-order valence-electron chi connectivity index (χ1n) is 9.94. The smallest absolute Gasteiger partial charge is 0.251 e. The van der Waals surface area contributed by atoms with Crippen molar-refractivity contribution in [2.75, 3.05) is 6.54 Å². The number of para-hydroxylation sites is 2. The average Bonchev–Trinajstić information content (AvgIpc) is 3.11. The highest BCUT2D eigenvalue weighted by Gasteiger charge is 2.14. The third-order valence-corrected chi connectivity index (χ3v) is 6.00. The number of nitrogens with one attached hydrogen (secondary N) is 1. The van der Waals surface area contributed by atoms with Gasteiger partial charge in [0.15, 0.2) is 0 Å². The highest BCUT2D eigenvalue weighted by Crippen LogP contribution is 2.27. The second-order valence-corrected chi connectivity index (χ2v) is 8.42. The van der Waals surface area contributed by atoms with E-state index in [1.54, 1.807) is 24.3 Å². The summed E-state index contributed by atoms with van der Waals surface area (Å²) < 4.78 is 2.14. The van der Waals surface area contributed by atoms with Crippen molar-refractivity contribution in [1.82, 2.24) is 14.9 Å². The van der Waals surface area contributed by atoms with Gasteiger partial charge in [-0.05, 0) is 48.9 Å². The lowest BCUT2D eigenvalue weighted by Gasteiger charge is -2.12. The van der Waals surface area contributed by atoms with Gasteiger partial charge in [-0.25, -0.2) is 4.98 Å². The molecule has 0 saturated carbocycles. The minimum Gasteiger partial charge on any atom is -0.352 e.